The Morgan fingerprint density at radius 2 is 1.84 bits per heavy atom. The molecular formula is C25H26ClN5S. The van der Waals surface area contributed by atoms with Crippen LogP contribution in [0.15, 0.2) is 60.8 Å². The Morgan fingerprint density at radius 3 is 2.69 bits per heavy atom. The van der Waals surface area contributed by atoms with E-state index in [1.807, 2.05) is 36.7 Å². The van der Waals surface area contributed by atoms with Crippen molar-refractivity contribution in [1.82, 2.24) is 18.8 Å². The minimum atomic E-state index is 0.643. The molecule has 5 rings (SSSR count). The highest BCUT2D eigenvalue weighted by Crippen LogP contribution is 2.36. The van der Waals surface area contributed by atoms with Crippen LogP contribution in [0.3, 0.4) is 0 Å². The number of nitrogens with zero attached hydrogens (tertiary/aromatic N) is 5. The first-order valence-corrected chi connectivity index (χ1v) is 12.4. The fourth-order valence-electron chi connectivity index (χ4n) is 4.38. The van der Waals surface area contributed by atoms with Crippen molar-refractivity contribution in [3.63, 3.8) is 0 Å². The number of benzene rings is 2. The van der Waals surface area contributed by atoms with E-state index in [1.54, 1.807) is 11.9 Å². The van der Waals surface area contributed by atoms with E-state index < -0.39 is 0 Å². The topological polar surface area (TPSA) is 37.2 Å². The Bertz CT molecular complexity index is 1250. The van der Waals surface area contributed by atoms with E-state index in [-0.39, 0.29) is 0 Å². The molecular weight excluding hydrogens is 438 g/mol. The van der Waals surface area contributed by atoms with E-state index >= 15 is 0 Å². The number of fused-ring (bicyclic) bond motifs is 2. The van der Waals surface area contributed by atoms with Gasteiger partial charge in [0.15, 0.2) is 5.82 Å². The number of pyridine rings is 1. The Hall–Kier alpha value is -2.54. The Balaban J connectivity index is 1.36. The summed E-state index contributed by atoms with van der Waals surface area (Å²) >= 11 is 8.51. The third kappa shape index (κ3) is 3.98. The van der Waals surface area contributed by atoms with Crippen LogP contribution >= 0.6 is 23.5 Å². The van der Waals surface area contributed by atoms with E-state index in [9.17, 15) is 0 Å². The molecule has 0 unspecified atom stereocenters. The van der Waals surface area contributed by atoms with Gasteiger partial charge < -0.3 is 4.90 Å². The van der Waals surface area contributed by atoms with Gasteiger partial charge >= 0.3 is 0 Å². The zero-order valence-electron chi connectivity index (χ0n) is 18.3. The van der Waals surface area contributed by atoms with Crippen molar-refractivity contribution in [3.8, 4) is 11.5 Å². The number of rotatable bonds is 6. The summed E-state index contributed by atoms with van der Waals surface area (Å²) in [6.45, 7) is 3.99. The van der Waals surface area contributed by atoms with Crippen LogP contribution in [0.5, 0.6) is 0 Å². The molecule has 32 heavy (non-hydrogen) atoms. The monoisotopic (exact) mass is 463 g/mol. The summed E-state index contributed by atoms with van der Waals surface area (Å²) in [5.41, 5.74) is 6.63. The largest absolute Gasteiger partial charge is 0.372 e. The maximum Gasteiger partial charge on any atom is 0.171 e. The van der Waals surface area contributed by atoms with Crippen molar-refractivity contribution in [2.75, 3.05) is 37.8 Å². The van der Waals surface area contributed by atoms with Crippen molar-refractivity contribution in [2.45, 2.75) is 13.0 Å². The molecule has 2 aromatic heterocycles. The molecule has 1 aliphatic heterocycles. The van der Waals surface area contributed by atoms with Crippen molar-refractivity contribution in [2.24, 2.45) is 0 Å². The number of hydrogen-bond donors (Lipinski definition) is 0. The zero-order chi connectivity index (χ0) is 22.1. The van der Waals surface area contributed by atoms with Crippen molar-refractivity contribution >= 4 is 40.3 Å². The molecule has 164 valence electrons. The van der Waals surface area contributed by atoms with Crippen molar-refractivity contribution in [1.29, 1.82) is 0 Å². The fourth-order valence-corrected chi connectivity index (χ4v) is 5.37. The minimum Gasteiger partial charge on any atom is -0.372 e. The van der Waals surface area contributed by atoms with Gasteiger partial charge in [-0.15, -0.1) is 0 Å². The van der Waals surface area contributed by atoms with E-state index in [2.05, 4.69) is 56.1 Å². The molecule has 0 bridgehead atoms. The van der Waals surface area contributed by atoms with Crippen LogP contribution in [0.4, 0.5) is 5.69 Å². The Kier molecular flexibility index (Phi) is 6.09. The first kappa shape index (κ1) is 21.3. The molecule has 5 nitrogen and oxygen atoms in total. The highest BCUT2D eigenvalue weighted by atomic mass is 35.5. The maximum atomic E-state index is 6.90. The van der Waals surface area contributed by atoms with Crippen LogP contribution in [0.1, 0.15) is 11.1 Å². The summed E-state index contributed by atoms with van der Waals surface area (Å²) in [6.07, 6.45) is 4.98. The molecule has 0 radical (unpaired) electrons. The second-order valence-electron chi connectivity index (χ2n) is 8.11. The average molecular weight is 464 g/mol. The molecule has 1 aliphatic rings. The van der Waals surface area contributed by atoms with E-state index in [4.69, 9.17) is 16.6 Å². The first-order chi connectivity index (χ1) is 15.7. The number of anilines is 1. The van der Waals surface area contributed by atoms with Crippen LogP contribution in [-0.4, -0.2) is 51.8 Å². The number of para-hydroxylation sites is 2. The van der Waals surface area contributed by atoms with Gasteiger partial charge in [0.2, 0.25) is 0 Å². The van der Waals surface area contributed by atoms with Gasteiger partial charge in [0.05, 0.1) is 21.7 Å². The molecule has 0 atom stereocenters. The van der Waals surface area contributed by atoms with Gasteiger partial charge in [0.1, 0.15) is 5.69 Å². The maximum absolute atomic E-state index is 6.90. The van der Waals surface area contributed by atoms with Gasteiger partial charge in [-0.3, -0.25) is 13.9 Å². The summed E-state index contributed by atoms with van der Waals surface area (Å²) in [4.78, 5) is 14.2. The quantitative estimate of drug-likeness (QED) is 0.384. The summed E-state index contributed by atoms with van der Waals surface area (Å²) in [6, 6.07) is 18.9. The van der Waals surface area contributed by atoms with Crippen LogP contribution in [-0.2, 0) is 13.0 Å². The Labute approximate surface area is 198 Å². The van der Waals surface area contributed by atoms with Crippen LogP contribution in [0.25, 0.3) is 22.6 Å². The predicted octanol–water partition coefficient (Wildman–Crippen LogP) is 5.37. The van der Waals surface area contributed by atoms with Crippen LogP contribution < -0.4 is 4.90 Å². The van der Waals surface area contributed by atoms with Crippen molar-refractivity contribution in [3.05, 3.63) is 76.9 Å². The number of halogens is 1. The van der Waals surface area contributed by atoms with Crippen LogP contribution in [0.2, 0.25) is 5.02 Å². The molecule has 0 fully saturated rings. The lowest BCUT2D eigenvalue weighted by molar-refractivity contribution is 0.260. The van der Waals surface area contributed by atoms with Gasteiger partial charge in [0.25, 0.3) is 0 Å². The second-order valence-corrected chi connectivity index (χ2v) is 9.22. The zero-order valence-corrected chi connectivity index (χ0v) is 19.9. The van der Waals surface area contributed by atoms with E-state index in [0.717, 1.165) is 55.1 Å². The normalized spacial score (nSPS) is 14.0. The lowest BCUT2D eigenvalue weighted by atomic mass is 10.00. The van der Waals surface area contributed by atoms with Crippen LogP contribution in [0, 0.1) is 0 Å². The van der Waals surface area contributed by atoms with Gasteiger partial charge in [-0.2, -0.15) is 0 Å². The standard InChI is InChI=1S/C25H26ClN5S/c1-29(15-16-30-14-12-18-7-3-4-8-19(18)17-30)22-11-13-27-24(23(22)26)25-28-20-9-5-6-10-21(20)31(25)32-2/h3-11,13H,12,14-17H2,1-2H3. The number of imidazole rings is 1. The summed E-state index contributed by atoms with van der Waals surface area (Å²) in [7, 11) is 2.10. The van der Waals surface area contributed by atoms with Gasteiger partial charge in [-0.1, -0.05) is 48.0 Å². The highest BCUT2D eigenvalue weighted by Gasteiger charge is 2.20. The first-order valence-electron chi connectivity index (χ1n) is 10.8. The van der Waals surface area contributed by atoms with Crippen molar-refractivity contribution < 1.29 is 0 Å². The molecule has 0 N–H and O–H groups in total. The average Bonchev–Trinajstić information content (AvgIpc) is 3.21. The van der Waals surface area contributed by atoms with Gasteiger partial charge in [-0.05, 0) is 47.7 Å². The second kappa shape index (κ2) is 9.14. The third-order valence-corrected chi connectivity index (χ3v) is 7.26. The van der Waals surface area contributed by atoms with E-state index in [0.29, 0.717) is 10.7 Å². The smallest absolute Gasteiger partial charge is 0.171 e. The molecule has 4 aromatic rings. The summed E-state index contributed by atoms with van der Waals surface area (Å²) < 4.78 is 2.10. The fraction of sp³-hybridized carbons (Fsp3) is 0.280. The Morgan fingerprint density at radius 1 is 1.06 bits per heavy atom. The number of hydrogen-bond acceptors (Lipinski definition) is 5. The highest BCUT2D eigenvalue weighted by molar-refractivity contribution is 7.97. The molecule has 0 saturated heterocycles. The molecule has 0 spiro atoms. The summed E-state index contributed by atoms with van der Waals surface area (Å²) in [5, 5.41) is 0.643. The third-order valence-electron chi connectivity index (χ3n) is 6.16. The number of aromatic nitrogens is 3. The number of likely N-dealkylation sites (N-methyl/N-ethyl adjacent to an activating group) is 1. The van der Waals surface area contributed by atoms with E-state index in [1.165, 1.54) is 11.1 Å². The molecule has 0 saturated carbocycles. The van der Waals surface area contributed by atoms with Gasteiger partial charge in [0, 0.05) is 45.7 Å². The SMILES string of the molecule is CSn1c(-c2nccc(N(C)CCN3CCc4ccccc4C3)c2Cl)nc2ccccc21. The van der Waals surface area contributed by atoms with Gasteiger partial charge in [-0.25, -0.2) is 4.98 Å². The molecule has 0 aliphatic carbocycles. The molecule has 3 heterocycles. The lowest BCUT2D eigenvalue weighted by Crippen LogP contribution is -2.36. The summed E-state index contributed by atoms with van der Waals surface area (Å²) in [5.74, 6) is 0.784. The molecule has 2 aromatic carbocycles. The lowest BCUT2D eigenvalue weighted by Gasteiger charge is -2.31. The molecule has 7 heteroatoms. The minimum absolute atomic E-state index is 0.643. The molecule has 0 amide bonds. The predicted molar refractivity (Wildman–Crippen MR) is 136 cm³/mol.